The molecular formula is C12H18BrNO4S. The highest BCUT2D eigenvalue weighted by Gasteiger charge is 2.26. The molecule has 2 N–H and O–H groups in total. The minimum atomic E-state index is -3.73. The molecule has 0 atom stereocenters. The molecule has 0 heterocycles. The first-order valence-electron chi connectivity index (χ1n) is 5.83. The van der Waals surface area contributed by atoms with Crippen molar-refractivity contribution in [2.24, 2.45) is 0 Å². The molecule has 0 aliphatic rings. The van der Waals surface area contributed by atoms with Gasteiger partial charge in [0.1, 0.15) is 0 Å². The Labute approximate surface area is 122 Å². The number of aliphatic hydroxyl groups is 2. The first-order valence-corrected chi connectivity index (χ1v) is 8.06. The van der Waals surface area contributed by atoms with E-state index in [0.717, 1.165) is 15.4 Å². The van der Waals surface area contributed by atoms with Crippen LogP contribution in [0, 0.1) is 13.8 Å². The van der Waals surface area contributed by atoms with Crippen LogP contribution in [-0.4, -0.2) is 49.2 Å². The summed E-state index contributed by atoms with van der Waals surface area (Å²) in [6, 6.07) is 3.34. The molecule has 5 nitrogen and oxygen atoms in total. The summed E-state index contributed by atoms with van der Waals surface area (Å²) in [4.78, 5) is 0.150. The van der Waals surface area contributed by atoms with Gasteiger partial charge < -0.3 is 10.2 Å². The average molecular weight is 352 g/mol. The fraction of sp³-hybridized carbons (Fsp3) is 0.500. The molecular weight excluding hydrogens is 334 g/mol. The number of benzene rings is 1. The standard InChI is InChI=1S/C12H18BrNO4S/c1-9-7-11(13)12(8-10(9)2)19(17,18)14(3-5-15)4-6-16/h7-8,15-16H,3-6H2,1-2H3. The molecule has 19 heavy (non-hydrogen) atoms. The molecule has 0 aromatic heterocycles. The van der Waals surface area contributed by atoms with Gasteiger partial charge in [0.2, 0.25) is 10.0 Å². The van der Waals surface area contributed by atoms with Gasteiger partial charge in [-0.2, -0.15) is 4.31 Å². The van der Waals surface area contributed by atoms with Gasteiger partial charge >= 0.3 is 0 Å². The Morgan fingerprint density at radius 2 is 1.58 bits per heavy atom. The number of nitrogens with zero attached hydrogens (tertiary/aromatic N) is 1. The Bertz CT molecular complexity index is 539. The van der Waals surface area contributed by atoms with Crippen molar-refractivity contribution in [3.05, 3.63) is 27.7 Å². The topological polar surface area (TPSA) is 77.8 Å². The SMILES string of the molecule is Cc1cc(Br)c(S(=O)(=O)N(CCO)CCO)cc1C. The molecule has 108 valence electrons. The molecule has 0 aliphatic carbocycles. The molecule has 1 aromatic carbocycles. The molecule has 0 fully saturated rings. The molecule has 0 bridgehead atoms. The first kappa shape index (κ1) is 16.6. The molecule has 0 aliphatic heterocycles. The molecule has 1 rings (SSSR count). The molecule has 1 aromatic rings. The number of halogens is 1. The van der Waals surface area contributed by atoms with Crippen molar-refractivity contribution < 1.29 is 18.6 Å². The van der Waals surface area contributed by atoms with E-state index in [4.69, 9.17) is 10.2 Å². The average Bonchev–Trinajstić information content (AvgIpc) is 2.33. The quantitative estimate of drug-likeness (QED) is 0.802. The Kier molecular flexibility index (Phi) is 5.94. The Morgan fingerprint density at radius 3 is 2.05 bits per heavy atom. The molecule has 0 saturated carbocycles. The zero-order valence-corrected chi connectivity index (χ0v) is 13.3. The van der Waals surface area contributed by atoms with Gasteiger partial charge in [0.05, 0.1) is 18.1 Å². The van der Waals surface area contributed by atoms with E-state index in [9.17, 15) is 8.42 Å². The lowest BCUT2D eigenvalue weighted by Crippen LogP contribution is -2.36. The van der Waals surface area contributed by atoms with Gasteiger partial charge in [0, 0.05) is 17.6 Å². The fourth-order valence-electron chi connectivity index (χ4n) is 1.67. The second-order valence-electron chi connectivity index (χ2n) is 4.22. The van der Waals surface area contributed by atoms with Crippen LogP contribution in [0.4, 0.5) is 0 Å². The number of hydrogen-bond acceptors (Lipinski definition) is 4. The van der Waals surface area contributed by atoms with Crippen LogP contribution < -0.4 is 0 Å². The number of aliphatic hydroxyl groups excluding tert-OH is 2. The maximum absolute atomic E-state index is 12.5. The summed E-state index contributed by atoms with van der Waals surface area (Å²) in [6.07, 6.45) is 0. The third-order valence-corrected chi connectivity index (χ3v) is 5.72. The Hall–Kier alpha value is -0.470. The predicted octanol–water partition coefficient (Wildman–Crippen LogP) is 1.04. The van der Waals surface area contributed by atoms with Crippen LogP contribution in [0.15, 0.2) is 21.5 Å². The smallest absolute Gasteiger partial charge is 0.244 e. The highest BCUT2D eigenvalue weighted by Crippen LogP contribution is 2.28. The maximum atomic E-state index is 12.5. The number of sulfonamides is 1. The van der Waals surface area contributed by atoms with Crippen LogP contribution in [0.1, 0.15) is 11.1 Å². The lowest BCUT2D eigenvalue weighted by atomic mass is 10.1. The summed E-state index contributed by atoms with van der Waals surface area (Å²) in [5, 5.41) is 17.9. The molecule has 0 amide bonds. The van der Waals surface area contributed by atoms with Gasteiger partial charge in [0.15, 0.2) is 0 Å². The zero-order chi connectivity index (χ0) is 14.6. The monoisotopic (exact) mass is 351 g/mol. The predicted molar refractivity (Wildman–Crippen MR) is 76.5 cm³/mol. The van der Waals surface area contributed by atoms with Crippen molar-refractivity contribution in [2.75, 3.05) is 26.3 Å². The van der Waals surface area contributed by atoms with Gasteiger partial charge in [-0.15, -0.1) is 0 Å². The van der Waals surface area contributed by atoms with E-state index in [0.29, 0.717) is 4.47 Å². The van der Waals surface area contributed by atoms with Gasteiger partial charge in [-0.05, 0) is 53.0 Å². The van der Waals surface area contributed by atoms with E-state index >= 15 is 0 Å². The summed E-state index contributed by atoms with van der Waals surface area (Å²) in [6.45, 7) is 3.08. The lowest BCUT2D eigenvalue weighted by Gasteiger charge is -2.21. The van der Waals surface area contributed by atoms with Crippen LogP contribution >= 0.6 is 15.9 Å². The van der Waals surface area contributed by atoms with Gasteiger partial charge in [0.25, 0.3) is 0 Å². The van der Waals surface area contributed by atoms with E-state index in [2.05, 4.69) is 15.9 Å². The van der Waals surface area contributed by atoms with E-state index in [1.54, 1.807) is 12.1 Å². The molecule has 0 saturated heterocycles. The molecule has 0 unspecified atom stereocenters. The fourth-order valence-corrected chi connectivity index (χ4v) is 4.29. The van der Waals surface area contributed by atoms with Crippen LogP contribution in [0.3, 0.4) is 0 Å². The third kappa shape index (κ3) is 3.76. The van der Waals surface area contributed by atoms with Crippen LogP contribution in [0.25, 0.3) is 0 Å². The number of rotatable bonds is 6. The minimum Gasteiger partial charge on any atom is -0.395 e. The summed E-state index contributed by atoms with van der Waals surface area (Å²) >= 11 is 3.26. The second-order valence-corrected chi connectivity index (χ2v) is 6.98. The highest BCUT2D eigenvalue weighted by molar-refractivity contribution is 9.10. The van der Waals surface area contributed by atoms with Crippen molar-refractivity contribution in [2.45, 2.75) is 18.7 Å². The number of hydrogen-bond donors (Lipinski definition) is 2. The van der Waals surface area contributed by atoms with Crippen molar-refractivity contribution in [1.82, 2.24) is 4.31 Å². The largest absolute Gasteiger partial charge is 0.395 e. The summed E-state index contributed by atoms with van der Waals surface area (Å²) in [5.41, 5.74) is 1.86. The van der Waals surface area contributed by atoms with Crippen LogP contribution in [0.2, 0.25) is 0 Å². The van der Waals surface area contributed by atoms with Crippen molar-refractivity contribution >= 4 is 26.0 Å². The normalized spacial score (nSPS) is 12.1. The zero-order valence-electron chi connectivity index (χ0n) is 10.9. The maximum Gasteiger partial charge on any atom is 0.244 e. The minimum absolute atomic E-state index is 0.0394. The second kappa shape index (κ2) is 6.81. The number of aryl methyl sites for hydroxylation is 2. The lowest BCUT2D eigenvalue weighted by molar-refractivity contribution is 0.217. The van der Waals surface area contributed by atoms with Crippen molar-refractivity contribution in [3.8, 4) is 0 Å². The molecule has 7 heteroatoms. The van der Waals surface area contributed by atoms with E-state index < -0.39 is 10.0 Å². The summed E-state index contributed by atoms with van der Waals surface area (Å²) in [7, 11) is -3.73. The van der Waals surface area contributed by atoms with E-state index in [-0.39, 0.29) is 31.2 Å². The summed E-state index contributed by atoms with van der Waals surface area (Å²) in [5.74, 6) is 0. The molecule has 0 radical (unpaired) electrons. The first-order chi connectivity index (χ1) is 8.84. The summed E-state index contributed by atoms with van der Waals surface area (Å²) < 4.78 is 26.5. The van der Waals surface area contributed by atoms with Crippen molar-refractivity contribution in [3.63, 3.8) is 0 Å². The molecule has 0 spiro atoms. The Balaban J connectivity index is 3.28. The van der Waals surface area contributed by atoms with Gasteiger partial charge in [-0.3, -0.25) is 0 Å². The highest BCUT2D eigenvalue weighted by atomic mass is 79.9. The van der Waals surface area contributed by atoms with Crippen LogP contribution in [-0.2, 0) is 10.0 Å². The van der Waals surface area contributed by atoms with Crippen molar-refractivity contribution in [1.29, 1.82) is 0 Å². The van der Waals surface area contributed by atoms with Crippen LogP contribution in [0.5, 0.6) is 0 Å². The van der Waals surface area contributed by atoms with Gasteiger partial charge in [-0.1, -0.05) is 0 Å². The van der Waals surface area contributed by atoms with Gasteiger partial charge in [-0.25, -0.2) is 8.42 Å². The third-order valence-electron chi connectivity index (χ3n) is 2.86. The van der Waals surface area contributed by atoms with E-state index in [1.165, 1.54) is 0 Å². The van der Waals surface area contributed by atoms with E-state index in [1.807, 2.05) is 13.8 Å². The Morgan fingerprint density at radius 1 is 1.11 bits per heavy atom.